The maximum atomic E-state index is 11.9. The van der Waals surface area contributed by atoms with E-state index in [4.69, 9.17) is 5.73 Å². The van der Waals surface area contributed by atoms with Crippen molar-refractivity contribution in [3.63, 3.8) is 0 Å². The quantitative estimate of drug-likeness (QED) is 0.882. The van der Waals surface area contributed by atoms with Gasteiger partial charge in [0.05, 0.1) is 11.4 Å². The molecule has 0 aliphatic carbocycles. The molecule has 0 aliphatic rings. The van der Waals surface area contributed by atoms with Gasteiger partial charge in [0.2, 0.25) is 15.9 Å². The number of sulfonamides is 1. The molecule has 0 saturated heterocycles. The Morgan fingerprint density at radius 1 is 1.50 bits per heavy atom. The van der Waals surface area contributed by atoms with Crippen molar-refractivity contribution in [3.8, 4) is 0 Å². The molecule has 1 amide bonds. The zero-order valence-corrected chi connectivity index (χ0v) is 11.0. The summed E-state index contributed by atoms with van der Waals surface area (Å²) >= 11 is 3.18. The summed E-state index contributed by atoms with van der Waals surface area (Å²) in [7, 11) is -2.35. The zero-order valence-electron chi connectivity index (χ0n) is 8.55. The molecule has 7 heteroatoms. The molecule has 88 valence electrons. The number of likely N-dealkylation sites (N-methyl/N-ethyl adjacent to an activating group) is 1. The molecule has 0 heterocycles. The van der Waals surface area contributed by atoms with E-state index in [-0.39, 0.29) is 11.4 Å². The maximum absolute atomic E-state index is 11.9. The fourth-order valence-electron chi connectivity index (χ4n) is 1.11. The number of carbonyl (C=O) groups excluding carboxylic acids is 1. The van der Waals surface area contributed by atoms with Crippen LogP contribution in [-0.2, 0) is 14.8 Å². The molecule has 0 spiro atoms. The monoisotopic (exact) mass is 306 g/mol. The van der Waals surface area contributed by atoms with Gasteiger partial charge in [0.25, 0.3) is 0 Å². The molecule has 0 bridgehead atoms. The van der Waals surface area contributed by atoms with E-state index in [1.165, 1.54) is 19.2 Å². The van der Waals surface area contributed by atoms with Crippen molar-refractivity contribution in [2.24, 2.45) is 5.73 Å². The second-order valence-corrected chi connectivity index (χ2v) is 6.15. The van der Waals surface area contributed by atoms with E-state index in [2.05, 4.69) is 15.9 Å². The molecule has 0 atom stereocenters. The number of halogens is 1. The van der Waals surface area contributed by atoms with Gasteiger partial charge < -0.3 is 5.73 Å². The molecule has 1 aromatic carbocycles. The summed E-state index contributed by atoms with van der Waals surface area (Å²) in [4.78, 5) is 10.8. The minimum absolute atomic E-state index is 0.116. The highest BCUT2D eigenvalue weighted by Crippen LogP contribution is 2.18. The first-order chi connectivity index (χ1) is 7.34. The molecule has 0 aliphatic heterocycles. The highest BCUT2D eigenvalue weighted by Gasteiger charge is 2.21. The van der Waals surface area contributed by atoms with Crippen molar-refractivity contribution < 1.29 is 13.2 Å². The SMILES string of the molecule is CN(CC(N)=O)S(=O)(=O)c1cccc(Br)c1. The zero-order chi connectivity index (χ0) is 12.3. The average Bonchev–Trinajstić information content (AvgIpc) is 2.16. The summed E-state index contributed by atoms with van der Waals surface area (Å²) < 4.78 is 25.4. The summed E-state index contributed by atoms with van der Waals surface area (Å²) in [5.74, 6) is -0.693. The Hall–Kier alpha value is -0.920. The van der Waals surface area contributed by atoms with Gasteiger partial charge in [-0.25, -0.2) is 8.42 Å². The standard InChI is InChI=1S/C9H11BrN2O3S/c1-12(6-9(11)13)16(14,15)8-4-2-3-7(10)5-8/h2-5H,6H2,1H3,(H2,11,13). The molecule has 0 saturated carbocycles. The number of amides is 1. The lowest BCUT2D eigenvalue weighted by Crippen LogP contribution is -2.35. The highest BCUT2D eigenvalue weighted by atomic mass is 79.9. The van der Waals surface area contributed by atoms with E-state index in [1.807, 2.05) is 0 Å². The van der Waals surface area contributed by atoms with Crippen LogP contribution < -0.4 is 5.73 Å². The predicted molar refractivity (Wildman–Crippen MR) is 63.2 cm³/mol. The Bertz CT molecular complexity index is 501. The first-order valence-electron chi connectivity index (χ1n) is 4.34. The Morgan fingerprint density at radius 3 is 2.62 bits per heavy atom. The van der Waals surface area contributed by atoms with Gasteiger partial charge in [-0.2, -0.15) is 4.31 Å². The number of hydrogen-bond donors (Lipinski definition) is 1. The fourth-order valence-corrected chi connectivity index (χ4v) is 2.85. The van der Waals surface area contributed by atoms with Crippen molar-refractivity contribution in [1.29, 1.82) is 0 Å². The first kappa shape index (κ1) is 13.1. The van der Waals surface area contributed by atoms with Gasteiger partial charge in [-0.1, -0.05) is 22.0 Å². The average molecular weight is 307 g/mol. The Balaban J connectivity index is 3.07. The van der Waals surface area contributed by atoms with Gasteiger partial charge in [-0.15, -0.1) is 0 Å². The molecule has 16 heavy (non-hydrogen) atoms. The van der Waals surface area contributed by atoms with Gasteiger partial charge in [0.1, 0.15) is 0 Å². The highest BCUT2D eigenvalue weighted by molar-refractivity contribution is 9.10. The largest absolute Gasteiger partial charge is 0.369 e. The third kappa shape index (κ3) is 3.03. The van der Waals surface area contributed by atoms with E-state index in [1.54, 1.807) is 12.1 Å². The Kier molecular flexibility index (Phi) is 4.06. The first-order valence-corrected chi connectivity index (χ1v) is 6.57. The van der Waals surface area contributed by atoms with Gasteiger partial charge >= 0.3 is 0 Å². The van der Waals surface area contributed by atoms with Gasteiger partial charge in [0.15, 0.2) is 0 Å². The lowest BCUT2D eigenvalue weighted by atomic mass is 10.4. The van der Waals surface area contributed by atoms with Crippen molar-refractivity contribution in [3.05, 3.63) is 28.7 Å². The van der Waals surface area contributed by atoms with Crippen LogP contribution in [0.3, 0.4) is 0 Å². The summed E-state index contributed by atoms with van der Waals surface area (Å²) in [6, 6.07) is 6.24. The molecule has 0 radical (unpaired) electrons. The molecular weight excluding hydrogens is 296 g/mol. The maximum Gasteiger partial charge on any atom is 0.243 e. The van der Waals surface area contributed by atoms with Crippen molar-refractivity contribution in [2.75, 3.05) is 13.6 Å². The molecular formula is C9H11BrN2O3S. The van der Waals surface area contributed by atoms with E-state index >= 15 is 0 Å². The van der Waals surface area contributed by atoms with Crippen LogP contribution in [0, 0.1) is 0 Å². The number of primary amides is 1. The third-order valence-corrected chi connectivity index (χ3v) is 4.18. The number of nitrogens with two attached hydrogens (primary N) is 1. The summed E-state index contributed by atoms with van der Waals surface area (Å²) in [6.07, 6.45) is 0. The molecule has 2 N–H and O–H groups in total. The van der Waals surface area contributed by atoms with E-state index in [0.29, 0.717) is 4.47 Å². The normalized spacial score (nSPS) is 11.7. The van der Waals surface area contributed by atoms with E-state index in [9.17, 15) is 13.2 Å². The van der Waals surface area contributed by atoms with Crippen LogP contribution in [0.15, 0.2) is 33.6 Å². The topological polar surface area (TPSA) is 80.5 Å². The summed E-state index contributed by atoms with van der Waals surface area (Å²) in [5.41, 5.74) is 4.94. The van der Waals surface area contributed by atoms with Crippen LogP contribution in [0.25, 0.3) is 0 Å². The molecule has 0 fully saturated rings. The van der Waals surface area contributed by atoms with Crippen LogP contribution in [0.2, 0.25) is 0 Å². The second-order valence-electron chi connectivity index (χ2n) is 3.18. The van der Waals surface area contributed by atoms with E-state index < -0.39 is 15.9 Å². The van der Waals surface area contributed by atoms with Crippen LogP contribution in [0.4, 0.5) is 0 Å². The fraction of sp³-hybridized carbons (Fsp3) is 0.222. The van der Waals surface area contributed by atoms with Crippen molar-refractivity contribution in [2.45, 2.75) is 4.90 Å². The minimum atomic E-state index is -3.65. The van der Waals surface area contributed by atoms with Crippen molar-refractivity contribution in [1.82, 2.24) is 4.31 Å². The lowest BCUT2D eigenvalue weighted by molar-refractivity contribution is -0.118. The van der Waals surface area contributed by atoms with Crippen LogP contribution in [0.1, 0.15) is 0 Å². The molecule has 0 aromatic heterocycles. The lowest BCUT2D eigenvalue weighted by Gasteiger charge is -2.15. The third-order valence-electron chi connectivity index (χ3n) is 1.88. The number of hydrogen-bond acceptors (Lipinski definition) is 3. The van der Waals surface area contributed by atoms with Crippen LogP contribution in [-0.4, -0.2) is 32.2 Å². The summed E-state index contributed by atoms with van der Waals surface area (Å²) in [6.45, 7) is -0.338. The van der Waals surface area contributed by atoms with Crippen LogP contribution >= 0.6 is 15.9 Å². The minimum Gasteiger partial charge on any atom is -0.369 e. The van der Waals surface area contributed by atoms with Crippen LogP contribution in [0.5, 0.6) is 0 Å². The number of carbonyl (C=O) groups is 1. The molecule has 0 unspecified atom stereocenters. The van der Waals surface area contributed by atoms with Gasteiger partial charge in [-0.3, -0.25) is 4.79 Å². The molecule has 5 nitrogen and oxygen atoms in total. The summed E-state index contributed by atoms with van der Waals surface area (Å²) in [5, 5.41) is 0. The number of nitrogens with zero attached hydrogens (tertiary/aromatic N) is 1. The number of benzene rings is 1. The Labute approximate surface area is 102 Å². The van der Waals surface area contributed by atoms with Gasteiger partial charge in [0, 0.05) is 11.5 Å². The smallest absolute Gasteiger partial charge is 0.243 e. The van der Waals surface area contributed by atoms with Gasteiger partial charge in [-0.05, 0) is 18.2 Å². The van der Waals surface area contributed by atoms with E-state index in [0.717, 1.165) is 4.31 Å². The Morgan fingerprint density at radius 2 is 2.12 bits per heavy atom. The molecule has 1 aromatic rings. The second kappa shape index (κ2) is 4.94. The number of rotatable bonds is 4. The predicted octanol–water partition coefficient (Wildman–Crippen LogP) is 0.555. The molecule has 1 rings (SSSR count). The van der Waals surface area contributed by atoms with Crippen molar-refractivity contribution >= 4 is 31.9 Å².